The Morgan fingerprint density at radius 1 is 1.48 bits per heavy atom. The van der Waals surface area contributed by atoms with Gasteiger partial charge in [0.25, 0.3) is 0 Å². The van der Waals surface area contributed by atoms with Gasteiger partial charge in [-0.25, -0.2) is 0 Å². The number of nitrogens with zero attached hydrogens (tertiary/aromatic N) is 2. The van der Waals surface area contributed by atoms with Crippen LogP contribution in [0.4, 0.5) is 13.2 Å². The average Bonchev–Trinajstić information content (AvgIpc) is 2.50. The van der Waals surface area contributed by atoms with E-state index in [1.165, 1.54) is 19.3 Å². The summed E-state index contributed by atoms with van der Waals surface area (Å²) >= 11 is 0. The molecule has 6 nitrogen and oxygen atoms in total. The quantitative estimate of drug-likeness (QED) is 0.764. The summed E-state index contributed by atoms with van der Waals surface area (Å²) in [6, 6.07) is 1.44. The summed E-state index contributed by atoms with van der Waals surface area (Å²) in [5.74, 6) is -0.958. The van der Waals surface area contributed by atoms with E-state index in [2.05, 4.69) is 21.6 Å². The third-order valence-corrected chi connectivity index (χ3v) is 2.67. The SMILES string of the molecule is C=CC(=O)N(C)CC(=O)NCc1ccncc1OCC(F)(F)F. The highest BCUT2D eigenvalue weighted by molar-refractivity contribution is 5.90. The van der Waals surface area contributed by atoms with E-state index >= 15 is 0 Å². The van der Waals surface area contributed by atoms with Crippen LogP contribution >= 0.6 is 0 Å². The number of ether oxygens (including phenoxy) is 1. The van der Waals surface area contributed by atoms with Crippen LogP contribution in [0.1, 0.15) is 5.56 Å². The molecule has 0 aromatic carbocycles. The van der Waals surface area contributed by atoms with E-state index in [4.69, 9.17) is 0 Å². The molecule has 1 rings (SSSR count). The van der Waals surface area contributed by atoms with E-state index in [-0.39, 0.29) is 18.8 Å². The molecule has 0 saturated heterocycles. The predicted octanol–water partition coefficient (Wildman–Crippen LogP) is 1.28. The molecular weight excluding hydrogens is 315 g/mol. The van der Waals surface area contributed by atoms with Crippen LogP contribution in [0.25, 0.3) is 0 Å². The molecule has 1 heterocycles. The number of halogens is 3. The summed E-state index contributed by atoms with van der Waals surface area (Å²) in [7, 11) is 1.42. The maximum Gasteiger partial charge on any atom is 0.422 e. The van der Waals surface area contributed by atoms with Crippen LogP contribution in [-0.4, -0.2) is 48.1 Å². The van der Waals surface area contributed by atoms with Gasteiger partial charge in [-0.05, 0) is 12.1 Å². The van der Waals surface area contributed by atoms with Gasteiger partial charge in [0.15, 0.2) is 6.61 Å². The second-order valence-corrected chi connectivity index (χ2v) is 4.56. The van der Waals surface area contributed by atoms with Gasteiger partial charge in [-0.1, -0.05) is 6.58 Å². The Balaban J connectivity index is 2.59. The highest BCUT2D eigenvalue weighted by Crippen LogP contribution is 2.21. The Morgan fingerprint density at radius 2 is 2.17 bits per heavy atom. The van der Waals surface area contributed by atoms with Gasteiger partial charge in [0.1, 0.15) is 5.75 Å². The number of nitrogens with one attached hydrogen (secondary N) is 1. The number of pyridine rings is 1. The van der Waals surface area contributed by atoms with Gasteiger partial charge in [0.05, 0.1) is 12.7 Å². The van der Waals surface area contributed by atoms with E-state index in [1.54, 1.807) is 0 Å². The van der Waals surface area contributed by atoms with E-state index in [0.29, 0.717) is 5.56 Å². The molecular formula is C14H16F3N3O3. The Labute approximate surface area is 130 Å². The van der Waals surface area contributed by atoms with Crippen LogP contribution in [-0.2, 0) is 16.1 Å². The fourth-order valence-electron chi connectivity index (χ4n) is 1.54. The lowest BCUT2D eigenvalue weighted by atomic mass is 10.2. The van der Waals surface area contributed by atoms with Crippen molar-refractivity contribution in [3.8, 4) is 5.75 Å². The minimum Gasteiger partial charge on any atom is -0.482 e. The van der Waals surface area contributed by atoms with Crippen molar-refractivity contribution in [2.45, 2.75) is 12.7 Å². The molecule has 1 aromatic rings. The zero-order valence-corrected chi connectivity index (χ0v) is 12.4. The highest BCUT2D eigenvalue weighted by atomic mass is 19.4. The van der Waals surface area contributed by atoms with E-state index in [1.807, 2.05) is 0 Å². The normalized spacial score (nSPS) is 10.8. The fourth-order valence-corrected chi connectivity index (χ4v) is 1.54. The van der Waals surface area contributed by atoms with Crippen molar-refractivity contribution in [2.75, 3.05) is 20.2 Å². The van der Waals surface area contributed by atoms with Crippen molar-refractivity contribution in [2.24, 2.45) is 0 Å². The van der Waals surface area contributed by atoms with Crippen LogP contribution in [0.5, 0.6) is 5.75 Å². The Morgan fingerprint density at radius 3 is 2.78 bits per heavy atom. The van der Waals surface area contributed by atoms with Crippen LogP contribution in [0.15, 0.2) is 31.1 Å². The number of likely N-dealkylation sites (N-methyl/N-ethyl adjacent to an activating group) is 1. The molecule has 0 aliphatic heterocycles. The first-order valence-corrected chi connectivity index (χ1v) is 6.49. The van der Waals surface area contributed by atoms with Crippen molar-refractivity contribution < 1.29 is 27.5 Å². The molecule has 0 saturated carbocycles. The van der Waals surface area contributed by atoms with Crippen molar-refractivity contribution in [1.29, 1.82) is 0 Å². The molecule has 0 radical (unpaired) electrons. The number of hydrogen-bond acceptors (Lipinski definition) is 4. The monoisotopic (exact) mass is 331 g/mol. The second-order valence-electron chi connectivity index (χ2n) is 4.56. The minimum absolute atomic E-state index is 0.0509. The first-order valence-electron chi connectivity index (χ1n) is 6.49. The summed E-state index contributed by atoms with van der Waals surface area (Å²) in [6.45, 7) is 1.60. The summed E-state index contributed by atoms with van der Waals surface area (Å²) in [4.78, 5) is 27.8. The van der Waals surface area contributed by atoms with Crippen molar-refractivity contribution in [3.63, 3.8) is 0 Å². The summed E-state index contributed by atoms with van der Waals surface area (Å²) in [6.07, 6.45) is -0.890. The van der Waals surface area contributed by atoms with Gasteiger partial charge in [0.2, 0.25) is 11.8 Å². The standard InChI is InChI=1S/C14H16F3N3O3/c1-3-13(22)20(2)8-12(21)19-6-10-4-5-18-7-11(10)23-9-14(15,16)17/h3-5,7H,1,6,8-9H2,2H3,(H,19,21). The molecule has 0 fully saturated rings. The Kier molecular flexibility index (Phi) is 6.55. The lowest BCUT2D eigenvalue weighted by Crippen LogP contribution is -2.37. The third-order valence-electron chi connectivity index (χ3n) is 2.67. The fraction of sp³-hybridized carbons (Fsp3) is 0.357. The Hall–Kier alpha value is -2.58. The molecule has 1 aromatic heterocycles. The van der Waals surface area contributed by atoms with Gasteiger partial charge in [-0.2, -0.15) is 13.2 Å². The van der Waals surface area contributed by atoms with Crippen molar-refractivity contribution in [3.05, 3.63) is 36.7 Å². The van der Waals surface area contributed by atoms with Crippen LogP contribution in [0.3, 0.4) is 0 Å². The maximum absolute atomic E-state index is 12.2. The lowest BCUT2D eigenvalue weighted by molar-refractivity contribution is -0.153. The summed E-state index contributed by atoms with van der Waals surface area (Å²) in [5.41, 5.74) is 0.343. The number of carbonyl (C=O) groups excluding carboxylic acids is 2. The zero-order valence-electron chi connectivity index (χ0n) is 12.4. The number of rotatable bonds is 7. The maximum atomic E-state index is 12.2. The van der Waals surface area contributed by atoms with E-state index < -0.39 is 24.6 Å². The molecule has 23 heavy (non-hydrogen) atoms. The molecule has 2 amide bonds. The number of aromatic nitrogens is 1. The molecule has 0 atom stereocenters. The molecule has 0 aliphatic rings. The van der Waals surface area contributed by atoms with Gasteiger partial charge in [-0.15, -0.1) is 0 Å². The van der Waals surface area contributed by atoms with Crippen molar-refractivity contribution >= 4 is 11.8 Å². The van der Waals surface area contributed by atoms with Gasteiger partial charge >= 0.3 is 6.18 Å². The van der Waals surface area contributed by atoms with Crippen LogP contribution in [0, 0.1) is 0 Å². The van der Waals surface area contributed by atoms with E-state index in [9.17, 15) is 22.8 Å². The molecule has 0 spiro atoms. The van der Waals surface area contributed by atoms with Gasteiger partial charge in [0, 0.05) is 25.4 Å². The van der Waals surface area contributed by atoms with Crippen molar-refractivity contribution in [1.82, 2.24) is 15.2 Å². The first kappa shape index (κ1) is 18.5. The second kappa shape index (κ2) is 8.16. The lowest BCUT2D eigenvalue weighted by Gasteiger charge is -2.16. The number of alkyl halides is 3. The van der Waals surface area contributed by atoms with Gasteiger partial charge < -0.3 is 15.0 Å². The van der Waals surface area contributed by atoms with Gasteiger partial charge in [-0.3, -0.25) is 14.6 Å². The molecule has 126 valence electrons. The topological polar surface area (TPSA) is 71.5 Å². The molecule has 0 unspecified atom stereocenters. The number of amides is 2. The molecule has 0 bridgehead atoms. The largest absolute Gasteiger partial charge is 0.482 e. The smallest absolute Gasteiger partial charge is 0.422 e. The minimum atomic E-state index is -4.47. The molecule has 9 heteroatoms. The predicted molar refractivity (Wildman–Crippen MR) is 75.5 cm³/mol. The zero-order chi connectivity index (χ0) is 17.5. The number of carbonyl (C=O) groups is 2. The number of hydrogen-bond donors (Lipinski definition) is 1. The van der Waals surface area contributed by atoms with E-state index in [0.717, 1.165) is 17.2 Å². The Bertz CT molecular complexity index is 576. The van der Waals surface area contributed by atoms with Crippen LogP contribution in [0.2, 0.25) is 0 Å². The molecule has 1 N–H and O–H groups in total. The van der Waals surface area contributed by atoms with Crippen LogP contribution < -0.4 is 10.1 Å². The summed E-state index contributed by atoms with van der Waals surface area (Å²) < 4.78 is 41.2. The highest BCUT2D eigenvalue weighted by Gasteiger charge is 2.28. The first-order chi connectivity index (χ1) is 10.7. The third kappa shape index (κ3) is 6.81. The molecule has 0 aliphatic carbocycles. The summed E-state index contributed by atoms with van der Waals surface area (Å²) in [5, 5.41) is 2.49. The average molecular weight is 331 g/mol.